The zero-order chi connectivity index (χ0) is 43.7. The highest BCUT2D eigenvalue weighted by molar-refractivity contribution is 5.71. The number of allylic oxidation sites excluding steroid dienone is 6. The molecule has 0 bridgehead atoms. The summed E-state index contributed by atoms with van der Waals surface area (Å²) in [4.78, 5) is 37.9. The second-order valence-electron chi connectivity index (χ2n) is 17.4. The second-order valence-corrected chi connectivity index (χ2v) is 17.4. The molecule has 0 rings (SSSR count). The molecule has 1 unspecified atom stereocenters. The molecule has 60 heavy (non-hydrogen) atoms. The quantitative estimate of drug-likeness (QED) is 0.0263. The molecule has 0 amide bonds. The first-order valence-electron chi connectivity index (χ1n) is 26.0. The fourth-order valence-corrected chi connectivity index (χ4v) is 7.40. The van der Waals surface area contributed by atoms with E-state index in [1.165, 1.54) is 135 Å². The molecule has 0 aromatic carbocycles. The minimum Gasteiger partial charge on any atom is -0.462 e. The maximum Gasteiger partial charge on any atom is 0.306 e. The largest absolute Gasteiger partial charge is 0.462 e. The predicted octanol–water partition coefficient (Wildman–Crippen LogP) is 16.9. The van der Waals surface area contributed by atoms with Gasteiger partial charge in [-0.1, -0.05) is 224 Å². The highest BCUT2D eigenvalue weighted by Crippen LogP contribution is 2.16. The molecule has 6 nitrogen and oxygen atoms in total. The Hall–Kier alpha value is -2.37. The number of ether oxygens (including phenoxy) is 3. The minimum absolute atomic E-state index is 0.0777. The van der Waals surface area contributed by atoms with Gasteiger partial charge in [-0.3, -0.25) is 14.4 Å². The number of carbonyl (C=O) groups is 3. The Labute approximate surface area is 372 Å². The maximum atomic E-state index is 12.8. The van der Waals surface area contributed by atoms with Crippen LogP contribution >= 0.6 is 0 Å². The topological polar surface area (TPSA) is 78.9 Å². The van der Waals surface area contributed by atoms with Crippen LogP contribution in [-0.4, -0.2) is 37.2 Å². The Morgan fingerprint density at radius 2 is 0.650 bits per heavy atom. The van der Waals surface area contributed by atoms with Crippen LogP contribution in [0.2, 0.25) is 0 Å². The van der Waals surface area contributed by atoms with Gasteiger partial charge in [0, 0.05) is 19.3 Å². The van der Waals surface area contributed by atoms with Crippen LogP contribution < -0.4 is 0 Å². The Morgan fingerprint density at radius 3 is 1.05 bits per heavy atom. The van der Waals surface area contributed by atoms with Gasteiger partial charge < -0.3 is 14.2 Å². The molecule has 1 atom stereocenters. The van der Waals surface area contributed by atoms with Crippen molar-refractivity contribution in [3.63, 3.8) is 0 Å². The molecule has 0 aliphatic rings. The minimum atomic E-state index is -0.778. The van der Waals surface area contributed by atoms with E-state index in [2.05, 4.69) is 57.2 Å². The van der Waals surface area contributed by atoms with Crippen molar-refractivity contribution in [3.05, 3.63) is 36.5 Å². The monoisotopic (exact) mass is 843 g/mol. The summed E-state index contributed by atoms with van der Waals surface area (Å²) in [7, 11) is 0. The lowest BCUT2D eigenvalue weighted by Gasteiger charge is -2.18. The third kappa shape index (κ3) is 46.7. The van der Waals surface area contributed by atoms with E-state index < -0.39 is 6.10 Å². The normalized spacial score (nSPS) is 12.2. The molecule has 0 spiro atoms. The zero-order valence-electron chi connectivity index (χ0n) is 40.0. The van der Waals surface area contributed by atoms with Gasteiger partial charge in [0.2, 0.25) is 0 Å². The highest BCUT2D eigenvalue weighted by atomic mass is 16.6. The van der Waals surface area contributed by atoms with Crippen molar-refractivity contribution < 1.29 is 28.6 Å². The van der Waals surface area contributed by atoms with E-state index in [9.17, 15) is 14.4 Å². The van der Waals surface area contributed by atoms with Gasteiger partial charge in [0.25, 0.3) is 0 Å². The molecule has 0 radical (unpaired) electrons. The average molecular weight is 843 g/mol. The van der Waals surface area contributed by atoms with Crippen molar-refractivity contribution in [1.82, 2.24) is 0 Å². The van der Waals surface area contributed by atoms with Crippen molar-refractivity contribution >= 4 is 17.9 Å². The lowest BCUT2D eigenvalue weighted by atomic mass is 10.0. The molecule has 0 fully saturated rings. The molecule has 0 aliphatic heterocycles. The third-order valence-corrected chi connectivity index (χ3v) is 11.3. The molecular weight excluding hydrogens is 745 g/mol. The Balaban J connectivity index is 4.31. The van der Waals surface area contributed by atoms with Crippen LogP contribution in [0.1, 0.15) is 271 Å². The van der Waals surface area contributed by atoms with Crippen molar-refractivity contribution in [2.75, 3.05) is 13.2 Å². The number of esters is 3. The van der Waals surface area contributed by atoms with Gasteiger partial charge in [0.05, 0.1) is 0 Å². The molecule has 0 aliphatic carbocycles. The number of hydrogen-bond donors (Lipinski definition) is 0. The lowest BCUT2D eigenvalue weighted by molar-refractivity contribution is -0.167. The van der Waals surface area contributed by atoms with Gasteiger partial charge in [0.1, 0.15) is 13.2 Å². The number of carbonyl (C=O) groups excluding carboxylic acids is 3. The van der Waals surface area contributed by atoms with E-state index in [0.717, 1.165) is 96.3 Å². The van der Waals surface area contributed by atoms with E-state index >= 15 is 0 Å². The van der Waals surface area contributed by atoms with E-state index in [0.29, 0.717) is 19.3 Å². The molecule has 0 aromatic rings. The summed E-state index contributed by atoms with van der Waals surface area (Å²) in [5.41, 5.74) is 0. The molecular formula is C54H98O6. The predicted molar refractivity (Wildman–Crippen MR) is 256 cm³/mol. The van der Waals surface area contributed by atoms with E-state index in [1.807, 2.05) is 0 Å². The van der Waals surface area contributed by atoms with Crippen molar-refractivity contribution in [2.45, 2.75) is 277 Å². The van der Waals surface area contributed by atoms with E-state index in [4.69, 9.17) is 14.2 Å². The van der Waals surface area contributed by atoms with Crippen molar-refractivity contribution in [3.8, 4) is 0 Å². The van der Waals surface area contributed by atoms with Crippen LogP contribution in [0.25, 0.3) is 0 Å². The number of rotatable bonds is 47. The summed E-state index contributed by atoms with van der Waals surface area (Å²) in [5, 5.41) is 0. The molecule has 350 valence electrons. The first-order chi connectivity index (χ1) is 29.5. The Bertz CT molecular complexity index is 1020. The third-order valence-electron chi connectivity index (χ3n) is 11.3. The van der Waals surface area contributed by atoms with Crippen molar-refractivity contribution in [1.29, 1.82) is 0 Å². The van der Waals surface area contributed by atoms with Crippen LogP contribution in [0.5, 0.6) is 0 Å². The molecule has 0 aromatic heterocycles. The van der Waals surface area contributed by atoms with Gasteiger partial charge in [0.15, 0.2) is 6.10 Å². The summed E-state index contributed by atoms with van der Waals surface area (Å²) in [6.45, 7) is 6.54. The van der Waals surface area contributed by atoms with Gasteiger partial charge >= 0.3 is 17.9 Å². The fourth-order valence-electron chi connectivity index (χ4n) is 7.40. The lowest BCUT2D eigenvalue weighted by Crippen LogP contribution is -2.30. The number of hydrogen-bond acceptors (Lipinski definition) is 6. The van der Waals surface area contributed by atoms with Gasteiger partial charge in [-0.05, 0) is 64.2 Å². The zero-order valence-corrected chi connectivity index (χ0v) is 40.0. The summed E-state index contributed by atoms with van der Waals surface area (Å²) >= 11 is 0. The first-order valence-corrected chi connectivity index (χ1v) is 26.0. The molecule has 0 saturated carbocycles. The first kappa shape index (κ1) is 57.6. The Kier molecular flexibility index (Phi) is 47.3. The maximum absolute atomic E-state index is 12.8. The SMILES string of the molecule is CCC/C=C\C/C=C\CCCCCCCC(=O)OC(COC(=O)CCCCCCC/C=C\CCCC)COC(=O)CCCCCCCCCCCCCCCCCCCC. The summed E-state index contributed by atoms with van der Waals surface area (Å²) < 4.78 is 16.8. The van der Waals surface area contributed by atoms with Gasteiger partial charge in [-0.2, -0.15) is 0 Å². The van der Waals surface area contributed by atoms with Crippen LogP contribution in [0.3, 0.4) is 0 Å². The van der Waals surface area contributed by atoms with Crippen LogP contribution in [0.15, 0.2) is 36.5 Å². The second kappa shape index (κ2) is 49.3. The standard InChI is InChI=1S/C54H98O6/c1-4-7-10-13-16-19-22-24-25-26-27-28-30-32-35-38-41-44-47-53(56)59-50-51(49-58-52(55)46-43-40-37-34-31-21-18-15-12-9-6-3)60-54(57)48-45-42-39-36-33-29-23-20-17-14-11-8-5-2/h11,14-15,18,20,23,51H,4-10,12-13,16-17,19,21-22,24-50H2,1-3H3/b14-11-,18-15-,23-20-. The number of unbranched alkanes of at least 4 members (excludes halogenated alkanes) is 30. The molecule has 0 saturated heterocycles. The molecule has 0 N–H and O–H groups in total. The smallest absolute Gasteiger partial charge is 0.306 e. The summed E-state index contributed by atoms with van der Waals surface area (Å²) in [5.74, 6) is -0.893. The van der Waals surface area contributed by atoms with Crippen LogP contribution in [0, 0.1) is 0 Å². The summed E-state index contributed by atoms with van der Waals surface area (Å²) in [6, 6.07) is 0. The fraction of sp³-hybridized carbons (Fsp3) is 0.833. The van der Waals surface area contributed by atoms with Gasteiger partial charge in [-0.25, -0.2) is 0 Å². The van der Waals surface area contributed by atoms with Gasteiger partial charge in [-0.15, -0.1) is 0 Å². The van der Waals surface area contributed by atoms with Crippen LogP contribution in [-0.2, 0) is 28.6 Å². The Morgan fingerprint density at radius 1 is 0.333 bits per heavy atom. The highest BCUT2D eigenvalue weighted by Gasteiger charge is 2.19. The average Bonchev–Trinajstić information content (AvgIpc) is 3.24. The van der Waals surface area contributed by atoms with E-state index in [1.54, 1.807) is 0 Å². The molecule has 6 heteroatoms. The summed E-state index contributed by atoms with van der Waals surface area (Å²) in [6.07, 6.45) is 57.0. The van der Waals surface area contributed by atoms with Crippen molar-refractivity contribution in [2.24, 2.45) is 0 Å². The molecule has 0 heterocycles. The van der Waals surface area contributed by atoms with Crippen LogP contribution in [0.4, 0.5) is 0 Å². The van der Waals surface area contributed by atoms with E-state index in [-0.39, 0.29) is 31.1 Å².